The number of H-pyrrole nitrogens is 1. The van der Waals surface area contributed by atoms with Crippen LogP contribution in [0.25, 0.3) is 22.2 Å². The lowest BCUT2D eigenvalue weighted by atomic mass is 9.90. The van der Waals surface area contributed by atoms with Gasteiger partial charge in [-0.1, -0.05) is 41.9 Å². The van der Waals surface area contributed by atoms with Gasteiger partial charge in [-0.2, -0.15) is 5.10 Å². The minimum atomic E-state index is -1.06. The average molecular weight is 634 g/mol. The van der Waals surface area contributed by atoms with Gasteiger partial charge in [0.25, 0.3) is 0 Å². The molecule has 12 heteroatoms. The van der Waals surface area contributed by atoms with Gasteiger partial charge in [0.2, 0.25) is 0 Å². The summed E-state index contributed by atoms with van der Waals surface area (Å²) in [5.74, 6) is 0. The number of nitrogens with zero attached hydrogens (tertiary/aromatic N) is 5. The first-order valence-corrected chi connectivity index (χ1v) is 15.6. The van der Waals surface area contributed by atoms with E-state index in [0.29, 0.717) is 25.1 Å². The number of aromatic amines is 1. The first-order chi connectivity index (χ1) is 21.4. The van der Waals surface area contributed by atoms with Gasteiger partial charge in [0.15, 0.2) is 6.23 Å². The highest BCUT2D eigenvalue weighted by Gasteiger charge is 2.40. The number of benzene rings is 2. The highest BCUT2D eigenvalue weighted by molar-refractivity contribution is 6.35. The number of hydrogen-bond donors (Lipinski definition) is 4. The Labute approximate surface area is 267 Å². The zero-order valence-corrected chi connectivity index (χ0v) is 26.8. The molecule has 1 atom stereocenters. The van der Waals surface area contributed by atoms with Gasteiger partial charge in [-0.15, -0.1) is 0 Å². The normalized spacial score (nSPS) is 18.4. The molecule has 45 heavy (non-hydrogen) atoms. The van der Waals surface area contributed by atoms with Crippen LogP contribution in [0.5, 0.6) is 0 Å². The maximum absolute atomic E-state index is 11.8. The molecular formula is C33H40ClN7O4. The number of fused-ring (bicyclic) bond motifs is 2. The van der Waals surface area contributed by atoms with Crippen LogP contribution in [0, 0.1) is 0 Å². The summed E-state index contributed by atoms with van der Waals surface area (Å²) < 4.78 is 8.39. The molecule has 0 bridgehead atoms. The second-order valence-corrected chi connectivity index (χ2v) is 13.4. The van der Waals surface area contributed by atoms with E-state index < -0.39 is 23.5 Å². The lowest BCUT2D eigenvalue weighted by molar-refractivity contribution is -0.137. The number of ether oxygens (including phenoxy) is 1. The van der Waals surface area contributed by atoms with E-state index >= 15 is 0 Å². The number of likely N-dealkylation sites (tertiary alicyclic amines) is 1. The number of carbonyl (C=O) groups is 1. The number of halogens is 1. The topological polar surface area (TPSA) is 131 Å². The molecule has 0 aliphatic carbocycles. The predicted octanol–water partition coefficient (Wildman–Crippen LogP) is 5.81. The molecule has 1 amide bonds. The molecule has 2 aliphatic heterocycles. The van der Waals surface area contributed by atoms with Gasteiger partial charge >= 0.3 is 6.09 Å². The third-order valence-electron chi connectivity index (χ3n) is 8.47. The smallest absolute Gasteiger partial charge is 0.404 e. The fraction of sp³-hybridized carbons (Fsp3) is 0.424. The number of amides is 1. The molecule has 1 unspecified atom stereocenters. The number of aliphatic hydroxyl groups is 1. The molecule has 4 aromatic rings. The predicted molar refractivity (Wildman–Crippen MR) is 175 cm³/mol. The fourth-order valence-electron chi connectivity index (χ4n) is 6.22. The van der Waals surface area contributed by atoms with Gasteiger partial charge < -0.3 is 30.2 Å². The van der Waals surface area contributed by atoms with Crippen molar-refractivity contribution in [2.24, 2.45) is 12.0 Å². The number of aryl methyl sites for hydroxylation is 1. The number of hydrogen-bond acceptors (Lipinski definition) is 7. The number of carboxylic acid groups (broad SMARTS) is 1. The van der Waals surface area contributed by atoms with Crippen LogP contribution in [0.3, 0.4) is 0 Å². The first kappa shape index (κ1) is 31.1. The Bertz CT molecular complexity index is 1720. The van der Waals surface area contributed by atoms with E-state index in [1.807, 2.05) is 75.3 Å². The van der Waals surface area contributed by atoms with Gasteiger partial charge in [-0.25, -0.2) is 9.79 Å². The van der Waals surface area contributed by atoms with E-state index in [1.165, 1.54) is 5.56 Å². The molecule has 11 nitrogen and oxygen atoms in total. The lowest BCUT2D eigenvalue weighted by Gasteiger charge is -2.43. The van der Waals surface area contributed by atoms with E-state index in [4.69, 9.17) is 31.5 Å². The minimum Gasteiger partial charge on any atom is -0.465 e. The molecule has 0 spiro atoms. The maximum atomic E-state index is 11.8. The Morgan fingerprint density at radius 3 is 2.58 bits per heavy atom. The molecule has 0 saturated carbocycles. The lowest BCUT2D eigenvalue weighted by Crippen LogP contribution is -2.52. The number of β-amino-alcohol motifs (C(OH)–C–C–N with tert-alkyl or cyclic N) is 1. The van der Waals surface area contributed by atoms with Crippen molar-refractivity contribution in [2.45, 2.75) is 64.1 Å². The van der Waals surface area contributed by atoms with Crippen LogP contribution in [-0.2, 0) is 24.9 Å². The SMILES string of the molecule is Cn1nc2c(c1-c1ccc(CNC(=O)O)cc1)N=CN(CC1(O)CCN(Cc3ccc(Cl)c4cc[nH]c34)CC1)C2OC(C)(C)C. The van der Waals surface area contributed by atoms with Crippen molar-refractivity contribution in [1.29, 1.82) is 0 Å². The number of aliphatic imine (C=N–C) groups is 1. The third-order valence-corrected chi connectivity index (χ3v) is 8.80. The summed E-state index contributed by atoms with van der Waals surface area (Å²) in [5, 5.41) is 29.8. The largest absolute Gasteiger partial charge is 0.465 e. The van der Waals surface area contributed by atoms with Crippen molar-refractivity contribution in [3.05, 3.63) is 70.5 Å². The number of nitrogens with one attached hydrogen (secondary N) is 2. The van der Waals surface area contributed by atoms with E-state index in [9.17, 15) is 9.90 Å². The van der Waals surface area contributed by atoms with Crippen LogP contribution in [0.1, 0.15) is 56.7 Å². The molecule has 1 saturated heterocycles. The van der Waals surface area contributed by atoms with Crippen LogP contribution in [-0.4, -0.2) is 78.0 Å². The van der Waals surface area contributed by atoms with Crippen LogP contribution < -0.4 is 5.32 Å². The average Bonchev–Trinajstić information content (AvgIpc) is 3.61. The van der Waals surface area contributed by atoms with Crippen molar-refractivity contribution < 1.29 is 19.7 Å². The second-order valence-electron chi connectivity index (χ2n) is 13.0. The van der Waals surface area contributed by atoms with Crippen LogP contribution >= 0.6 is 11.6 Å². The third kappa shape index (κ3) is 6.72. The summed E-state index contributed by atoms with van der Waals surface area (Å²) in [6, 6.07) is 13.7. The van der Waals surface area contributed by atoms with Crippen molar-refractivity contribution in [3.8, 4) is 11.3 Å². The summed E-state index contributed by atoms with van der Waals surface area (Å²) in [4.78, 5) is 23.4. The minimum absolute atomic E-state index is 0.228. The number of piperidine rings is 1. The molecule has 2 aliphatic rings. The van der Waals surface area contributed by atoms with Crippen molar-refractivity contribution in [3.63, 3.8) is 0 Å². The zero-order chi connectivity index (χ0) is 31.9. The van der Waals surface area contributed by atoms with E-state index in [2.05, 4.69) is 21.3 Å². The Kier molecular flexibility index (Phi) is 8.38. The number of rotatable bonds is 8. The Morgan fingerprint density at radius 2 is 1.89 bits per heavy atom. The summed E-state index contributed by atoms with van der Waals surface area (Å²) in [5.41, 5.74) is 4.88. The van der Waals surface area contributed by atoms with E-state index in [1.54, 1.807) is 11.0 Å². The molecule has 1 fully saturated rings. The summed E-state index contributed by atoms with van der Waals surface area (Å²) in [6.45, 7) is 8.92. The van der Waals surface area contributed by atoms with Gasteiger partial charge in [0, 0.05) is 55.4 Å². The zero-order valence-electron chi connectivity index (χ0n) is 26.0. The van der Waals surface area contributed by atoms with Crippen molar-refractivity contribution in [1.82, 2.24) is 29.9 Å². The van der Waals surface area contributed by atoms with Crippen molar-refractivity contribution >= 4 is 40.6 Å². The summed E-state index contributed by atoms with van der Waals surface area (Å²) >= 11 is 6.38. The highest BCUT2D eigenvalue weighted by atomic mass is 35.5. The number of aromatic nitrogens is 3. The van der Waals surface area contributed by atoms with Crippen LogP contribution in [0.15, 0.2) is 53.7 Å². The molecule has 2 aromatic carbocycles. The molecular weight excluding hydrogens is 594 g/mol. The standard InChI is InChI=1S/C33H40ClN7O4/c1-32(2,3)45-30-28-27(29(39(4)38-28)22-7-5-21(6-8-22)17-36-31(42)43)37-20-41(30)19-33(44)12-15-40(16-13-33)18-23-9-10-25(34)24-11-14-35-26(23)24/h5-11,14,20,30,35-36,44H,12-13,15-19H2,1-4H3,(H,42,43). The highest BCUT2D eigenvalue weighted by Crippen LogP contribution is 2.43. The van der Waals surface area contributed by atoms with Crippen LogP contribution in [0.4, 0.5) is 10.5 Å². The Morgan fingerprint density at radius 1 is 1.16 bits per heavy atom. The fourth-order valence-corrected chi connectivity index (χ4v) is 6.44. The van der Waals surface area contributed by atoms with E-state index in [0.717, 1.165) is 58.1 Å². The molecule has 4 N–H and O–H groups in total. The summed E-state index contributed by atoms with van der Waals surface area (Å²) in [7, 11) is 1.88. The van der Waals surface area contributed by atoms with Gasteiger partial charge in [0.1, 0.15) is 11.4 Å². The monoisotopic (exact) mass is 633 g/mol. The first-order valence-electron chi connectivity index (χ1n) is 15.2. The molecule has 2 aromatic heterocycles. The molecule has 0 radical (unpaired) electrons. The van der Waals surface area contributed by atoms with Crippen molar-refractivity contribution in [2.75, 3.05) is 19.6 Å². The van der Waals surface area contributed by atoms with Crippen LogP contribution in [0.2, 0.25) is 5.02 Å². The van der Waals surface area contributed by atoms with Gasteiger partial charge in [-0.3, -0.25) is 9.58 Å². The Hall–Kier alpha value is -3.90. The molecule has 4 heterocycles. The Balaban J connectivity index is 1.18. The molecule has 6 rings (SSSR count). The summed E-state index contributed by atoms with van der Waals surface area (Å²) in [6.07, 6.45) is 3.33. The van der Waals surface area contributed by atoms with Gasteiger partial charge in [0.05, 0.1) is 35.3 Å². The second kappa shape index (κ2) is 12.1. The maximum Gasteiger partial charge on any atom is 0.404 e. The van der Waals surface area contributed by atoms with Gasteiger partial charge in [-0.05, 0) is 56.9 Å². The quantitative estimate of drug-likeness (QED) is 0.193. The van der Waals surface area contributed by atoms with E-state index in [-0.39, 0.29) is 6.54 Å². The molecule has 238 valence electrons.